The Bertz CT molecular complexity index is 422. The third-order valence-corrected chi connectivity index (χ3v) is 4.35. The zero-order valence-electron chi connectivity index (χ0n) is 10.6. The zero-order chi connectivity index (χ0) is 11.4. The SMILES string of the molecule is CC(C)(C)c1ccc2c(c1)C1(CC2)CNC1. The molecular formula is C15H21N. The van der Waals surface area contributed by atoms with Crippen molar-refractivity contribution in [2.45, 2.75) is 44.4 Å². The van der Waals surface area contributed by atoms with E-state index in [0.29, 0.717) is 5.41 Å². The number of fused-ring (bicyclic) bond motifs is 2. The van der Waals surface area contributed by atoms with Gasteiger partial charge in [-0.1, -0.05) is 39.0 Å². The van der Waals surface area contributed by atoms with Gasteiger partial charge in [-0.05, 0) is 34.9 Å². The molecule has 1 fully saturated rings. The molecule has 0 bridgehead atoms. The van der Waals surface area contributed by atoms with E-state index >= 15 is 0 Å². The summed E-state index contributed by atoms with van der Waals surface area (Å²) in [4.78, 5) is 0. The highest BCUT2D eigenvalue weighted by Gasteiger charge is 2.43. The largest absolute Gasteiger partial charge is 0.315 e. The lowest BCUT2D eigenvalue weighted by molar-refractivity contribution is 0.276. The molecule has 0 aromatic heterocycles. The van der Waals surface area contributed by atoms with Gasteiger partial charge in [-0.15, -0.1) is 0 Å². The van der Waals surface area contributed by atoms with Crippen molar-refractivity contribution in [2.75, 3.05) is 13.1 Å². The Morgan fingerprint density at radius 2 is 1.94 bits per heavy atom. The quantitative estimate of drug-likeness (QED) is 0.701. The number of aryl methyl sites for hydroxylation is 1. The standard InChI is InChI=1S/C15H21N/c1-14(2,3)12-5-4-11-6-7-15(9-16-10-15)13(11)8-12/h4-5,8,16H,6-7,9-10H2,1-3H3. The topological polar surface area (TPSA) is 12.0 Å². The van der Waals surface area contributed by atoms with E-state index < -0.39 is 0 Å². The van der Waals surface area contributed by atoms with Crippen LogP contribution < -0.4 is 5.32 Å². The maximum Gasteiger partial charge on any atom is 0.0208 e. The van der Waals surface area contributed by atoms with Crippen molar-refractivity contribution in [3.05, 3.63) is 34.9 Å². The van der Waals surface area contributed by atoms with Crippen molar-refractivity contribution < 1.29 is 0 Å². The Kier molecular flexibility index (Phi) is 2.00. The van der Waals surface area contributed by atoms with E-state index in [0.717, 1.165) is 0 Å². The fraction of sp³-hybridized carbons (Fsp3) is 0.600. The number of benzene rings is 1. The fourth-order valence-electron chi connectivity index (χ4n) is 3.06. The lowest BCUT2D eigenvalue weighted by Crippen LogP contribution is -2.55. The first-order chi connectivity index (χ1) is 7.51. The molecule has 16 heavy (non-hydrogen) atoms. The van der Waals surface area contributed by atoms with Crippen LogP contribution >= 0.6 is 0 Å². The van der Waals surface area contributed by atoms with Gasteiger partial charge in [0.1, 0.15) is 0 Å². The summed E-state index contributed by atoms with van der Waals surface area (Å²) in [6.45, 7) is 9.28. The molecule has 0 unspecified atom stereocenters. The molecule has 1 aromatic carbocycles. The van der Waals surface area contributed by atoms with Crippen LogP contribution in [0.3, 0.4) is 0 Å². The van der Waals surface area contributed by atoms with Gasteiger partial charge in [0.25, 0.3) is 0 Å². The molecule has 1 aliphatic heterocycles. The minimum atomic E-state index is 0.274. The van der Waals surface area contributed by atoms with Crippen molar-refractivity contribution in [3.63, 3.8) is 0 Å². The van der Waals surface area contributed by atoms with Crippen LogP contribution in [-0.4, -0.2) is 13.1 Å². The summed E-state index contributed by atoms with van der Waals surface area (Å²) in [5, 5.41) is 3.44. The molecule has 1 heteroatoms. The number of hydrogen-bond acceptors (Lipinski definition) is 1. The highest BCUT2D eigenvalue weighted by atomic mass is 15.0. The van der Waals surface area contributed by atoms with E-state index in [1.165, 1.54) is 31.5 Å². The second-order valence-corrected chi connectivity index (χ2v) is 6.51. The Labute approximate surface area is 98.3 Å². The van der Waals surface area contributed by atoms with E-state index in [1.807, 2.05) is 0 Å². The average Bonchev–Trinajstić information content (AvgIpc) is 2.53. The Hall–Kier alpha value is -0.820. The van der Waals surface area contributed by atoms with E-state index in [4.69, 9.17) is 0 Å². The lowest BCUT2D eigenvalue weighted by atomic mass is 9.74. The molecule has 86 valence electrons. The molecule has 1 spiro atoms. The van der Waals surface area contributed by atoms with Crippen LogP contribution in [0.15, 0.2) is 18.2 Å². The first-order valence-corrected chi connectivity index (χ1v) is 6.36. The van der Waals surface area contributed by atoms with Crippen molar-refractivity contribution in [3.8, 4) is 0 Å². The predicted octanol–water partition coefficient (Wildman–Crippen LogP) is 2.77. The summed E-state index contributed by atoms with van der Waals surface area (Å²) in [5.74, 6) is 0. The van der Waals surface area contributed by atoms with Gasteiger partial charge in [-0.2, -0.15) is 0 Å². The molecule has 1 nitrogen and oxygen atoms in total. The molecule has 2 aliphatic rings. The Morgan fingerprint density at radius 3 is 2.50 bits per heavy atom. The summed E-state index contributed by atoms with van der Waals surface area (Å²) in [6, 6.07) is 7.16. The molecule has 1 heterocycles. The molecule has 0 radical (unpaired) electrons. The van der Waals surface area contributed by atoms with Crippen LogP contribution in [0.4, 0.5) is 0 Å². The van der Waals surface area contributed by atoms with Crippen LogP contribution in [-0.2, 0) is 17.3 Å². The molecule has 0 saturated carbocycles. The van der Waals surface area contributed by atoms with Crippen LogP contribution in [0.25, 0.3) is 0 Å². The molecule has 1 N–H and O–H groups in total. The molecule has 0 atom stereocenters. The number of hydrogen-bond donors (Lipinski definition) is 1. The summed E-state index contributed by atoms with van der Waals surface area (Å²) >= 11 is 0. The average molecular weight is 215 g/mol. The van der Waals surface area contributed by atoms with Crippen LogP contribution in [0.2, 0.25) is 0 Å². The maximum atomic E-state index is 3.44. The highest BCUT2D eigenvalue weighted by Crippen LogP contribution is 2.43. The zero-order valence-corrected chi connectivity index (χ0v) is 10.6. The third kappa shape index (κ3) is 1.34. The summed E-state index contributed by atoms with van der Waals surface area (Å²) in [5.41, 5.74) is 5.49. The van der Waals surface area contributed by atoms with Gasteiger partial charge in [0, 0.05) is 18.5 Å². The summed E-state index contributed by atoms with van der Waals surface area (Å²) in [7, 11) is 0. The van der Waals surface area contributed by atoms with Crippen LogP contribution in [0.1, 0.15) is 43.9 Å². The van der Waals surface area contributed by atoms with E-state index in [2.05, 4.69) is 44.3 Å². The summed E-state index contributed by atoms with van der Waals surface area (Å²) in [6.07, 6.45) is 2.63. The third-order valence-electron chi connectivity index (χ3n) is 4.35. The molecular weight excluding hydrogens is 194 g/mol. The van der Waals surface area contributed by atoms with Crippen LogP contribution in [0, 0.1) is 0 Å². The van der Waals surface area contributed by atoms with Gasteiger partial charge >= 0.3 is 0 Å². The van der Waals surface area contributed by atoms with Gasteiger partial charge < -0.3 is 5.32 Å². The molecule has 1 aromatic rings. The highest BCUT2D eigenvalue weighted by molar-refractivity contribution is 5.46. The molecule has 1 aliphatic carbocycles. The Balaban J connectivity index is 2.07. The minimum absolute atomic E-state index is 0.274. The first kappa shape index (κ1) is 10.3. The van der Waals surface area contributed by atoms with E-state index in [9.17, 15) is 0 Å². The normalized spacial score (nSPS) is 21.9. The second kappa shape index (κ2) is 3.10. The summed E-state index contributed by atoms with van der Waals surface area (Å²) < 4.78 is 0. The van der Waals surface area contributed by atoms with E-state index in [1.54, 1.807) is 11.1 Å². The minimum Gasteiger partial charge on any atom is -0.315 e. The fourth-order valence-corrected chi connectivity index (χ4v) is 3.06. The van der Waals surface area contributed by atoms with Crippen molar-refractivity contribution >= 4 is 0 Å². The Morgan fingerprint density at radius 1 is 1.19 bits per heavy atom. The van der Waals surface area contributed by atoms with E-state index in [-0.39, 0.29) is 5.41 Å². The van der Waals surface area contributed by atoms with Crippen molar-refractivity contribution in [2.24, 2.45) is 0 Å². The van der Waals surface area contributed by atoms with Gasteiger partial charge in [0.15, 0.2) is 0 Å². The van der Waals surface area contributed by atoms with Gasteiger partial charge in [-0.3, -0.25) is 0 Å². The molecule has 1 saturated heterocycles. The maximum absolute atomic E-state index is 3.44. The first-order valence-electron chi connectivity index (χ1n) is 6.36. The van der Waals surface area contributed by atoms with Crippen molar-refractivity contribution in [1.82, 2.24) is 5.32 Å². The molecule has 3 rings (SSSR count). The number of nitrogens with one attached hydrogen (secondary N) is 1. The molecule has 0 amide bonds. The second-order valence-electron chi connectivity index (χ2n) is 6.51. The smallest absolute Gasteiger partial charge is 0.0208 e. The predicted molar refractivity (Wildman–Crippen MR) is 68.0 cm³/mol. The van der Waals surface area contributed by atoms with Crippen molar-refractivity contribution in [1.29, 1.82) is 0 Å². The number of rotatable bonds is 0. The van der Waals surface area contributed by atoms with Gasteiger partial charge in [-0.25, -0.2) is 0 Å². The van der Waals surface area contributed by atoms with Gasteiger partial charge in [0.05, 0.1) is 0 Å². The lowest BCUT2D eigenvalue weighted by Gasteiger charge is -2.40. The van der Waals surface area contributed by atoms with Crippen LogP contribution in [0.5, 0.6) is 0 Å². The van der Waals surface area contributed by atoms with Gasteiger partial charge in [0.2, 0.25) is 0 Å². The monoisotopic (exact) mass is 215 g/mol.